The van der Waals surface area contributed by atoms with Gasteiger partial charge in [0, 0.05) is 17.7 Å². The lowest BCUT2D eigenvalue weighted by Crippen LogP contribution is -2.18. The number of carbonyl (C=O) groups is 1. The van der Waals surface area contributed by atoms with Gasteiger partial charge in [-0.05, 0) is 23.6 Å². The van der Waals surface area contributed by atoms with Crippen molar-refractivity contribution in [1.82, 2.24) is 0 Å². The SMILES string of the molecule is CC(C)c1ccc(OCC(=O)ON=C(N)c2cccc([N+](=O)[O-])c2)cc1. The van der Waals surface area contributed by atoms with Gasteiger partial charge in [-0.3, -0.25) is 10.1 Å². The Morgan fingerprint density at radius 3 is 2.54 bits per heavy atom. The number of carbonyl (C=O) groups excluding carboxylic acids is 1. The van der Waals surface area contributed by atoms with E-state index in [2.05, 4.69) is 23.8 Å². The highest BCUT2D eigenvalue weighted by Crippen LogP contribution is 2.18. The lowest BCUT2D eigenvalue weighted by atomic mass is 10.0. The zero-order chi connectivity index (χ0) is 19.1. The predicted molar refractivity (Wildman–Crippen MR) is 95.9 cm³/mol. The molecule has 0 atom stereocenters. The van der Waals surface area contributed by atoms with Crippen LogP contribution < -0.4 is 10.5 Å². The first-order valence-corrected chi connectivity index (χ1v) is 7.87. The maximum Gasteiger partial charge on any atom is 0.372 e. The molecule has 2 N–H and O–H groups in total. The van der Waals surface area contributed by atoms with E-state index in [0.29, 0.717) is 11.7 Å². The van der Waals surface area contributed by atoms with Crippen molar-refractivity contribution in [3.63, 3.8) is 0 Å². The van der Waals surface area contributed by atoms with Crippen LogP contribution in [-0.2, 0) is 9.63 Å². The summed E-state index contributed by atoms with van der Waals surface area (Å²) in [5.74, 6) is 0.0387. The highest BCUT2D eigenvalue weighted by molar-refractivity contribution is 5.97. The van der Waals surface area contributed by atoms with E-state index < -0.39 is 10.9 Å². The van der Waals surface area contributed by atoms with Gasteiger partial charge in [-0.1, -0.05) is 43.3 Å². The maximum atomic E-state index is 11.7. The van der Waals surface area contributed by atoms with Crippen LogP contribution in [0.1, 0.15) is 30.9 Å². The van der Waals surface area contributed by atoms with Gasteiger partial charge in [-0.15, -0.1) is 0 Å². The number of ether oxygens (including phenoxy) is 1. The second-order valence-corrected chi connectivity index (χ2v) is 5.76. The van der Waals surface area contributed by atoms with Crippen LogP contribution in [0.3, 0.4) is 0 Å². The fourth-order valence-corrected chi connectivity index (χ4v) is 2.05. The third-order valence-electron chi connectivity index (χ3n) is 3.50. The van der Waals surface area contributed by atoms with Crippen LogP contribution >= 0.6 is 0 Å². The summed E-state index contributed by atoms with van der Waals surface area (Å²) in [5.41, 5.74) is 6.97. The molecule has 0 heterocycles. The molecule has 0 aliphatic carbocycles. The zero-order valence-corrected chi connectivity index (χ0v) is 14.4. The summed E-state index contributed by atoms with van der Waals surface area (Å²) in [6, 6.07) is 12.9. The number of nitro benzene ring substituents is 1. The molecule has 8 nitrogen and oxygen atoms in total. The highest BCUT2D eigenvalue weighted by atomic mass is 16.7. The second kappa shape index (κ2) is 8.61. The van der Waals surface area contributed by atoms with Crippen LogP contribution in [0.25, 0.3) is 0 Å². The van der Waals surface area contributed by atoms with Gasteiger partial charge in [0.15, 0.2) is 12.4 Å². The molecule has 0 amide bonds. The van der Waals surface area contributed by atoms with Crippen molar-refractivity contribution in [2.75, 3.05) is 6.61 Å². The molecule has 136 valence electrons. The van der Waals surface area contributed by atoms with Crippen LogP contribution in [-0.4, -0.2) is 23.3 Å². The molecule has 0 aromatic heterocycles. The fraction of sp³-hybridized carbons (Fsp3) is 0.222. The minimum Gasteiger partial charge on any atom is -0.482 e. The lowest BCUT2D eigenvalue weighted by Gasteiger charge is -2.08. The summed E-state index contributed by atoms with van der Waals surface area (Å²) >= 11 is 0. The van der Waals surface area contributed by atoms with Crippen LogP contribution in [0.5, 0.6) is 5.75 Å². The number of amidine groups is 1. The van der Waals surface area contributed by atoms with Gasteiger partial charge in [-0.2, -0.15) is 0 Å². The van der Waals surface area contributed by atoms with E-state index in [4.69, 9.17) is 10.5 Å². The summed E-state index contributed by atoms with van der Waals surface area (Å²) in [7, 11) is 0. The largest absolute Gasteiger partial charge is 0.482 e. The standard InChI is InChI=1S/C18H19N3O5/c1-12(2)13-6-8-16(9-7-13)25-11-17(22)26-20-18(19)14-4-3-5-15(10-14)21(23)24/h3-10,12H,11H2,1-2H3,(H2,19,20). The topological polar surface area (TPSA) is 117 Å². The van der Waals surface area contributed by atoms with Crippen molar-refractivity contribution < 1.29 is 19.3 Å². The van der Waals surface area contributed by atoms with Gasteiger partial charge in [0.25, 0.3) is 5.69 Å². The van der Waals surface area contributed by atoms with E-state index in [0.717, 1.165) is 5.56 Å². The fourth-order valence-electron chi connectivity index (χ4n) is 2.05. The normalized spacial score (nSPS) is 11.3. The average Bonchev–Trinajstić information content (AvgIpc) is 2.64. The Morgan fingerprint density at radius 1 is 1.23 bits per heavy atom. The summed E-state index contributed by atoms with van der Waals surface area (Å²) in [4.78, 5) is 26.5. The molecular formula is C18H19N3O5. The maximum absolute atomic E-state index is 11.7. The minimum absolute atomic E-state index is 0.139. The van der Waals surface area contributed by atoms with Crippen LogP contribution in [0.4, 0.5) is 5.69 Å². The number of rotatable bonds is 7. The average molecular weight is 357 g/mol. The predicted octanol–water partition coefficient (Wildman–Crippen LogP) is 2.96. The van der Waals surface area contributed by atoms with Crippen molar-refractivity contribution in [3.05, 3.63) is 69.8 Å². The van der Waals surface area contributed by atoms with Gasteiger partial charge in [-0.25, -0.2) is 4.79 Å². The Labute approximate surface area is 150 Å². The van der Waals surface area contributed by atoms with E-state index >= 15 is 0 Å². The molecule has 0 bridgehead atoms. The van der Waals surface area contributed by atoms with Crippen LogP contribution in [0.15, 0.2) is 53.7 Å². The Balaban J connectivity index is 1.90. The Hall–Kier alpha value is -3.42. The van der Waals surface area contributed by atoms with Gasteiger partial charge in [0.05, 0.1) is 4.92 Å². The molecule has 2 aromatic rings. The summed E-state index contributed by atoms with van der Waals surface area (Å²) in [6.45, 7) is 3.82. The molecule has 0 aliphatic heterocycles. The van der Waals surface area contributed by atoms with Crippen LogP contribution in [0, 0.1) is 10.1 Å². The van der Waals surface area contributed by atoms with E-state index in [9.17, 15) is 14.9 Å². The summed E-state index contributed by atoms with van der Waals surface area (Å²) < 4.78 is 5.32. The number of non-ortho nitro benzene ring substituents is 1. The third-order valence-corrected chi connectivity index (χ3v) is 3.50. The number of hydrogen-bond acceptors (Lipinski definition) is 6. The molecule has 0 unspecified atom stereocenters. The lowest BCUT2D eigenvalue weighted by molar-refractivity contribution is -0.384. The summed E-state index contributed by atoms with van der Waals surface area (Å²) in [6.07, 6.45) is 0. The minimum atomic E-state index is -0.744. The molecule has 0 fully saturated rings. The molecule has 26 heavy (non-hydrogen) atoms. The van der Waals surface area contributed by atoms with Gasteiger partial charge >= 0.3 is 5.97 Å². The quantitative estimate of drug-likeness (QED) is 0.268. The van der Waals surface area contributed by atoms with Crippen molar-refractivity contribution >= 4 is 17.5 Å². The number of benzene rings is 2. The Morgan fingerprint density at radius 2 is 1.92 bits per heavy atom. The first-order valence-electron chi connectivity index (χ1n) is 7.87. The summed E-state index contributed by atoms with van der Waals surface area (Å²) in [5, 5.41) is 14.2. The number of hydrogen-bond donors (Lipinski definition) is 1. The monoisotopic (exact) mass is 357 g/mol. The van der Waals surface area contributed by atoms with E-state index in [1.54, 1.807) is 12.1 Å². The zero-order valence-electron chi connectivity index (χ0n) is 14.4. The molecule has 0 radical (unpaired) electrons. The van der Waals surface area contributed by atoms with E-state index in [1.165, 1.54) is 24.3 Å². The molecule has 0 saturated heterocycles. The second-order valence-electron chi connectivity index (χ2n) is 5.76. The molecule has 2 aromatic carbocycles. The number of oxime groups is 1. The number of nitrogens with two attached hydrogens (primary N) is 1. The Bertz CT molecular complexity index is 816. The van der Waals surface area contributed by atoms with Gasteiger partial charge < -0.3 is 15.3 Å². The van der Waals surface area contributed by atoms with Gasteiger partial charge in [0.1, 0.15) is 5.75 Å². The smallest absolute Gasteiger partial charge is 0.372 e. The first-order chi connectivity index (χ1) is 12.4. The molecular weight excluding hydrogens is 338 g/mol. The number of nitro groups is 1. The molecule has 0 saturated carbocycles. The number of nitrogens with zero attached hydrogens (tertiary/aromatic N) is 2. The van der Waals surface area contributed by atoms with Gasteiger partial charge in [0.2, 0.25) is 0 Å². The molecule has 0 aliphatic rings. The van der Waals surface area contributed by atoms with Crippen LogP contribution in [0.2, 0.25) is 0 Å². The Kier molecular flexibility index (Phi) is 6.26. The molecule has 0 spiro atoms. The molecule has 8 heteroatoms. The van der Waals surface area contributed by atoms with E-state index in [-0.39, 0.29) is 23.7 Å². The van der Waals surface area contributed by atoms with E-state index in [1.807, 2.05) is 12.1 Å². The third kappa shape index (κ3) is 5.30. The highest BCUT2D eigenvalue weighted by Gasteiger charge is 2.10. The molecule has 2 rings (SSSR count). The van der Waals surface area contributed by atoms with Crippen molar-refractivity contribution in [1.29, 1.82) is 0 Å². The van der Waals surface area contributed by atoms with Crippen molar-refractivity contribution in [2.24, 2.45) is 10.9 Å². The van der Waals surface area contributed by atoms with Crippen molar-refractivity contribution in [2.45, 2.75) is 19.8 Å². The van der Waals surface area contributed by atoms with Crippen molar-refractivity contribution in [3.8, 4) is 5.75 Å². The first kappa shape index (κ1) is 18.9.